The molecular weight excluding hydrogens is 252 g/mol. The van der Waals surface area contributed by atoms with Crippen molar-refractivity contribution in [2.45, 2.75) is 18.6 Å². The van der Waals surface area contributed by atoms with E-state index in [1.807, 2.05) is 0 Å². The molecule has 1 aromatic carbocycles. The molecule has 8 heteroatoms. The van der Waals surface area contributed by atoms with Crippen molar-refractivity contribution in [3.63, 3.8) is 0 Å². The number of nitro benzene ring substituents is 1. The molecule has 2 unspecified atom stereocenters. The molecule has 98 valence electrons. The van der Waals surface area contributed by atoms with Gasteiger partial charge >= 0.3 is 0 Å². The van der Waals surface area contributed by atoms with Gasteiger partial charge in [-0.15, -0.1) is 0 Å². The Bertz CT molecular complexity index is 660. The van der Waals surface area contributed by atoms with E-state index in [0.29, 0.717) is 10.9 Å². The SMILES string of the molecule is N#CCC(O)C(O)c1[nH]nc2cc([N+](=O)[O-])ccc12. The van der Waals surface area contributed by atoms with Crippen molar-refractivity contribution in [1.29, 1.82) is 5.26 Å². The molecule has 0 aliphatic carbocycles. The lowest BCUT2D eigenvalue weighted by Crippen LogP contribution is -2.18. The lowest BCUT2D eigenvalue weighted by molar-refractivity contribution is -0.384. The highest BCUT2D eigenvalue weighted by Crippen LogP contribution is 2.27. The van der Waals surface area contributed by atoms with Crippen LogP contribution in [0.5, 0.6) is 0 Å². The second-order valence-electron chi connectivity index (χ2n) is 3.97. The monoisotopic (exact) mass is 262 g/mol. The summed E-state index contributed by atoms with van der Waals surface area (Å²) in [5, 5.41) is 45.4. The molecule has 1 aromatic heterocycles. The van der Waals surface area contributed by atoms with E-state index in [0.717, 1.165) is 0 Å². The quantitative estimate of drug-likeness (QED) is 0.550. The van der Waals surface area contributed by atoms with Gasteiger partial charge in [0, 0.05) is 17.5 Å². The lowest BCUT2D eigenvalue weighted by Gasteiger charge is -2.13. The van der Waals surface area contributed by atoms with Crippen LogP contribution >= 0.6 is 0 Å². The van der Waals surface area contributed by atoms with Crippen molar-refractivity contribution in [3.05, 3.63) is 34.0 Å². The van der Waals surface area contributed by atoms with Gasteiger partial charge in [-0.3, -0.25) is 15.2 Å². The Hall–Kier alpha value is -2.50. The molecule has 0 fully saturated rings. The summed E-state index contributed by atoms with van der Waals surface area (Å²) in [6.07, 6.45) is -2.77. The summed E-state index contributed by atoms with van der Waals surface area (Å²) < 4.78 is 0. The van der Waals surface area contributed by atoms with Crippen LogP contribution in [-0.2, 0) is 0 Å². The molecule has 0 aliphatic rings. The molecule has 2 aromatic rings. The number of aliphatic hydroxyl groups excluding tert-OH is 2. The van der Waals surface area contributed by atoms with Crippen molar-refractivity contribution in [2.75, 3.05) is 0 Å². The third kappa shape index (κ3) is 2.37. The first-order valence-electron chi connectivity index (χ1n) is 5.40. The molecule has 8 nitrogen and oxygen atoms in total. The van der Waals surface area contributed by atoms with E-state index in [-0.39, 0.29) is 17.8 Å². The van der Waals surface area contributed by atoms with E-state index >= 15 is 0 Å². The van der Waals surface area contributed by atoms with Gasteiger partial charge in [0.25, 0.3) is 5.69 Å². The minimum absolute atomic E-state index is 0.113. The molecule has 19 heavy (non-hydrogen) atoms. The van der Waals surface area contributed by atoms with Gasteiger partial charge in [0.1, 0.15) is 6.10 Å². The molecule has 0 spiro atoms. The number of H-pyrrole nitrogens is 1. The van der Waals surface area contributed by atoms with E-state index in [2.05, 4.69) is 10.2 Å². The fourth-order valence-corrected chi connectivity index (χ4v) is 1.76. The number of benzene rings is 1. The predicted octanol–water partition coefficient (Wildman–Crippen LogP) is 0.779. The van der Waals surface area contributed by atoms with E-state index in [4.69, 9.17) is 5.26 Å². The smallest absolute Gasteiger partial charge is 0.271 e. The first kappa shape index (κ1) is 12.9. The lowest BCUT2D eigenvalue weighted by atomic mass is 10.0. The molecular formula is C11H10N4O4. The number of nitrogens with zero attached hydrogens (tertiary/aromatic N) is 3. The van der Waals surface area contributed by atoms with Crippen LogP contribution < -0.4 is 0 Å². The molecule has 0 radical (unpaired) electrons. The zero-order valence-electron chi connectivity index (χ0n) is 9.65. The summed E-state index contributed by atoms with van der Waals surface area (Å²) in [4.78, 5) is 10.1. The summed E-state index contributed by atoms with van der Waals surface area (Å²) in [5.41, 5.74) is 0.428. The Balaban J connectivity index is 2.41. The number of nitriles is 1. The fourth-order valence-electron chi connectivity index (χ4n) is 1.76. The van der Waals surface area contributed by atoms with Crippen LogP contribution in [0, 0.1) is 21.4 Å². The molecule has 0 saturated heterocycles. The van der Waals surface area contributed by atoms with Crippen LogP contribution in [-0.4, -0.2) is 31.4 Å². The Morgan fingerprint density at radius 2 is 2.26 bits per heavy atom. The second kappa shape index (κ2) is 5.01. The Labute approximate surface area is 107 Å². The molecule has 3 N–H and O–H groups in total. The molecule has 0 aliphatic heterocycles. The topological polar surface area (TPSA) is 136 Å². The fraction of sp³-hybridized carbons (Fsp3) is 0.273. The maximum atomic E-state index is 10.6. The number of aromatic nitrogens is 2. The largest absolute Gasteiger partial charge is 0.389 e. The number of hydrogen-bond acceptors (Lipinski definition) is 6. The number of nitrogens with one attached hydrogen (secondary N) is 1. The van der Waals surface area contributed by atoms with Crippen molar-refractivity contribution < 1.29 is 15.1 Å². The molecule has 0 amide bonds. The number of fused-ring (bicyclic) bond motifs is 1. The molecule has 0 saturated carbocycles. The van der Waals surface area contributed by atoms with Gasteiger partial charge in [0.05, 0.1) is 34.7 Å². The van der Waals surface area contributed by atoms with Crippen LogP contribution in [0.25, 0.3) is 10.9 Å². The highest BCUT2D eigenvalue weighted by atomic mass is 16.6. The predicted molar refractivity (Wildman–Crippen MR) is 63.9 cm³/mol. The first-order valence-corrected chi connectivity index (χ1v) is 5.40. The first-order chi connectivity index (χ1) is 9.04. The number of aromatic amines is 1. The van der Waals surface area contributed by atoms with Gasteiger partial charge in [-0.2, -0.15) is 10.4 Å². The van der Waals surface area contributed by atoms with Crippen LogP contribution in [0.2, 0.25) is 0 Å². The number of aliphatic hydroxyl groups is 2. The molecule has 2 rings (SSSR count). The minimum Gasteiger partial charge on any atom is -0.389 e. The van der Waals surface area contributed by atoms with Crippen LogP contribution in [0.4, 0.5) is 5.69 Å². The zero-order valence-corrected chi connectivity index (χ0v) is 9.65. The average Bonchev–Trinajstić information content (AvgIpc) is 2.80. The van der Waals surface area contributed by atoms with E-state index in [9.17, 15) is 20.3 Å². The van der Waals surface area contributed by atoms with Crippen LogP contribution in [0.3, 0.4) is 0 Å². The maximum absolute atomic E-state index is 10.6. The van der Waals surface area contributed by atoms with Crippen molar-refractivity contribution in [3.8, 4) is 6.07 Å². The third-order valence-electron chi connectivity index (χ3n) is 2.74. The Morgan fingerprint density at radius 1 is 1.53 bits per heavy atom. The number of rotatable bonds is 4. The zero-order chi connectivity index (χ0) is 14.0. The van der Waals surface area contributed by atoms with Crippen molar-refractivity contribution in [1.82, 2.24) is 10.2 Å². The number of non-ortho nitro benzene ring substituents is 1. The Morgan fingerprint density at radius 3 is 2.89 bits per heavy atom. The summed E-state index contributed by atoms with van der Waals surface area (Å²) in [6.45, 7) is 0. The van der Waals surface area contributed by atoms with Crippen LogP contribution in [0.15, 0.2) is 18.2 Å². The van der Waals surface area contributed by atoms with Gasteiger partial charge in [-0.1, -0.05) is 0 Å². The van der Waals surface area contributed by atoms with Crippen molar-refractivity contribution in [2.24, 2.45) is 0 Å². The summed E-state index contributed by atoms with van der Waals surface area (Å²) >= 11 is 0. The second-order valence-corrected chi connectivity index (χ2v) is 3.97. The van der Waals surface area contributed by atoms with E-state index < -0.39 is 17.1 Å². The summed E-state index contributed by atoms with van der Waals surface area (Å²) in [6, 6.07) is 5.73. The van der Waals surface area contributed by atoms with E-state index in [1.54, 1.807) is 6.07 Å². The highest BCUT2D eigenvalue weighted by molar-refractivity contribution is 5.83. The van der Waals surface area contributed by atoms with Gasteiger partial charge in [-0.05, 0) is 6.07 Å². The number of nitro groups is 1. The average molecular weight is 262 g/mol. The van der Waals surface area contributed by atoms with Gasteiger partial charge in [0.15, 0.2) is 0 Å². The highest BCUT2D eigenvalue weighted by Gasteiger charge is 2.23. The molecule has 1 heterocycles. The van der Waals surface area contributed by atoms with E-state index in [1.165, 1.54) is 18.2 Å². The summed E-state index contributed by atoms with van der Waals surface area (Å²) in [7, 11) is 0. The van der Waals surface area contributed by atoms with Gasteiger partial charge in [0.2, 0.25) is 0 Å². The molecule has 0 bridgehead atoms. The minimum atomic E-state index is -1.30. The van der Waals surface area contributed by atoms with Gasteiger partial charge in [-0.25, -0.2) is 0 Å². The van der Waals surface area contributed by atoms with Gasteiger partial charge < -0.3 is 10.2 Å². The Kier molecular flexibility index (Phi) is 3.41. The molecule has 2 atom stereocenters. The normalized spacial score (nSPS) is 13.9. The number of hydrogen-bond donors (Lipinski definition) is 3. The maximum Gasteiger partial charge on any atom is 0.271 e. The third-order valence-corrected chi connectivity index (χ3v) is 2.74. The van der Waals surface area contributed by atoms with Crippen molar-refractivity contribution >= 4 is 16.6 Å². The standard InChI is InChI=1S/C11H10N4O4/c12-4-3-9(16)11(17)10-7-2-1-6(15(18)19)5-8(7)13-14-10/h1-2,5,9,11,16-17H,3H2,(H,13,14). The van der Waals surface area contributed by atoms with Crippen LogP contribution in [0.1, 0.15) is 18.2 Å². The summed E-state index contributed by atoms with van der Waals surface area (Å²) in [5.74, 6) is 0.